The first kappa shape index (κ1) is 15.5. The third kappa shape index (κ3) is 5.30. The topological polar surface area (TPSA) is 49.4 Å². The van der Waals surface area contributed by atoms with E-state index in [2.05, 4.69) is 5.32 Å². The molecular formula is C14H19ClN2O2. The van der Waals surface area contributed by atoms with Gasteiger partial charge in [-0.25, -0.2) is 0 Å². The highest BCUT2D eigenvalue weighted by atomic mass is 35.5. The van der Waals surface area contributed by atoms with E-state index >= 15 is 0 Å². The molecule has 104 valence electrons. The van der Waals surface area contributed by atoms with Crippen LogP contribution in [0, 0.1) is 0 Å². The predicted molar refractivity (Wildman–Crippen MR) is 77.4 cm³/mol. The fraction of sp³-hybridized carbons (Fsp3) is 0.429. The van der Waals surface area contributed by atoms with Crippen LogP contribution in [0.3, 0.4) is 0 Å². The number of halogens is 1. The molecule has 0 aromatic heterocycles. The SMILES string of the molecule is CC(=O)N(CC(=O)NC(C)(C)C)c1ccc(Cl)cc1. The molecule has 0 atom stereocenters. The van der Waals surface area contributed by atoms with Gasteiger partial charge in [-0.15, -0.1) is 0 Å². The second-order valence-electron chi connectivity index (χ2n) is 5.38. The minimum Gasteiger partial charge on any atom is -0.350 e. The number of amides is 2. The summed E-state index contributed by atoms with van der Waals surface area (Å²) in [6.45, 7) is 7.11. The van der Waals surface area contributed by atoms with E-state index in [1.54, 1.807) is 24.3 Å². The standard InChI is InChI=1S/C14H19ClN2O2/c1-10(18)17(9-13(19)16-14(2,3)4)12-7-5-11(15)6-8-12/h5-8H,9H2,1-4H3,(H,16,19). The Morgan fingerprint density at radius 3 is 2.16 bits per heavy atom. The lowest BCUT2D eigenvalue weighted by Crippen LogP contribution is -2.47. The summed E-state index contributed by atoms with van der Waals surface area (Å²) < 4.78 is 0. The number of nitrogens with zero attached hydrogens (tertiary/aromatic N) is 1. The Labute approximate surface area is 118 Å². The maximum atomic E-state index is 11.9. The summed E-state index contributed by atoms with van der Waals surface area (Å²) in [5, 5.41) is 3.42. The Bertz CT molecular complexity index is 463. The Hall–Kier alpha value is -1.55. The monoisotopic (exact) mass is 282 g/mol. The zero-order valence-corrected chi connectivity index (χ0v) is 12.4. The number of nitrogens with one attached hydrogen (secondary N) is 1. The molecule has 0 fully saturated rings. The molecule has 0 aliphatic rings. The van der Waals surface area contributed by atoms with Gasteiger partial charge in [0.2, 0.25) is 11.8 Å². The molecule has 1 aromatic rings. The number of rotatable bonds is 3. The van der Waals surface area contributed by atoms with Crippen molar-refractivity contribution in [3.8, 4) is 0 Å². The van der Waals surface area contributed by atoms with Gasteiger partial charge in [-0.2, -0.15) is 0 Å². The van der Waals surface area contributed by atoms with Crippen molar-refractivity contribution < 1.29 is 9.59 Å². The van der Waals surface area contributed by atoms with E-state index in [1.807, 2.05) is 20.8 Å². The first-order valence-electron chi connectivity index (χ1n) is 6.04. The minimum atomic E-state index is -0.320. The number of hydrogen-bond acceptors (Lipinski definition) is 2. The number of hydrogen-bond donors (Lipinski definition) is 1. The average Bonchev–Trinajstić information content (AvgIpc) is 2.24. The van der Waals surface area contributed by atoms with Crippen LogP contribution in [0.1, 0.15) is 27.7 Å². The Kier molecular flexibility index (Phi) is 4.95. The summed E-state index contributed by atoms with van der Waals surface area (Å²) in [6.07, 6.45) is 0. The van der Waals surface area contributed by atoms with Crippen molar-refractivity contribution in [2.75, 3.05) is 11.4 Å². The van der Waals surface area contributed by atoms with Crippen LogP contribution in [-0.2, 0) is 9.59 Å². The summed E-state index contributed by atoms with van der Waals surface area (Å²) in [5.74, 6) is -0.385. The molecular weight excluding hydrogens is 264 g/mol. The first-order valence-corrected chi connectivity index (χ1v) is 6.41. The number of carbonyl (C=O) groups excluding carboxylic acids is 2. The number of anilines is 1. The fourth-order valence-electron chi connectivity index (χ4n) is 1.61. The molecule has 19 heavy (non-hydrogen) atoms. The fourth-order valence-corrected chi connectivity index (χ4v) is 1.73. The van der Waals surface area contributed by atoms with Gasteiger partial charge in [0.1, 0.15) is 6.54 Å². The summed E-state index contributed by atoms with van der Waals surface area (Å²) >= 11 is 5.81. The molecule has 5 heteroatoms. The highest BCUT2D eigenvalue weighted by Crippen LogP contribution is 2.18. The van der Waals surface area contributed by atoms with E-state index in [0.717, 1.165) is 0 Å². The largest absolute Gasteiger partial charge is 0.350 e. The number of benzene rings is 1. The maximum Gasteiger partial charge on any atom is 0.240 e. The summed E-state index contributed by atoms with van der Waals surface area (Å²) in [4.78, 5) is 24.9. The van der Waals surface area contributed by atoms with Gasteiger partial charge in [-0.3, -0.25) is 9.59 Å². The molecule has 0 heterocycles. The highest BCUT2D eigenvalue weighted by Gasteiger charge is 2.19. The van der Waals surface area contributed by atoms with Gasteiger partial charge in [0, 0.05) is 23.2 Å². The zero-order valence-electron chi connectivity index (χ0n) is 11.7. The maximum absolute atomic E-state index is 11.9. The van der Waals surface area contributed by atoms with Crippen molar-refractivity contribution in [3.05, 3.63) is 29.3 Å². The van der Waals surface area contributed by atoms with E-state index in [1.165, 1.54) is 11.8 Å². The molecule has 1 aromatic carbocycles. The van der Waals surface area contributed by atoms with Gasteiger partial charge >= 0.3 is 0 Å². The quantitative estimate of drug-likeness (QED) is 0.926. The Morgan fingerprint density at radius 2 is 1.74 bits per heavy atom. The lowest BCUT2D eigenvalue weighted by Gasteiger charge is -2.25. The molecule has 0 aliphatic carbocycles. The van der Waals surface area contributed by atoms with Crippen molar-refractivity contribution >= 4 is 29.1 Å². The zero-order chi connectivity index (χ0) is 14.6. The van der Waals surface area contributed by atoms with Crippen molar-refractivity contribution in [1.29, 1.82) is 0 Å². The molecule has 0 unspecified atom stereocenters. The van der Waals surface area contributed by atoms with E-state index in [-0.39, 0.29) is 23.9 Å². The Morgan fingerprint density at radius 1 is 1.21 bits per heavy atom. The van der Waals surface area contributed by atoms with Crippen molar-refractivity contribution in [2.24, 2.45) is 0 Å². The summed E-state index contributed by atoms with van der Waals surface area (Å²) in [6, 6.07) is 6.81. The highest BCUT2D eigenvalue weighted by molar-refractivity contribution is 6.30. The van der Waals surface area contributed by atoms with Crippen LogP contribution >= 0.6 is 11.6 Å². The second-order valence-corrected chi connectivity index (χ2v) is 5.82. The van der Waals surface area contributed by atoms with Gasteiger partial charge in [0.15, 0.2) is 0 Å². The second kappa shape index (κ2) is 6.06. The first-order chi connectivity index (χ1) is 8.69. The molecule has 0 saturated heterocycles. The van der Waals surface area contributed by atoms with Crippen molar-refractivity contribution in [1.82, 2.24) is 5.32 Å². The molecule has 0 radical (unpaired) electrons. The third-order valence-corrected chi connectivity index (χ3v) is 2.59. The van der Waals surface area contributed by atoms with Crippen molar-refractivity contribution in [3.63, 3.8) is 0 Å². The molecule has 0 spiro atoms. The minimum absolute atomic E-state index is 0.00572. The van der Waals surface area contributed by atoms with Gasteiger partial charge in [0.25, 0.3) is 0 Å². The lowest BCUT2D eigenvalue weighted by atomic mass is 10.1. The van der Waals surface area contributed by atoms with Crippen LogP contribution in [0.2, 0.25) is 5.02 Å². The van der Waals surface area contributed by atoms with Crippen LogP contribution in [0.4, 0.5) is 5.69 Å². The van der Waals surface area contributed by atoms with Gasteiger partial charge in [-0.1, -0.05) is 11.6 Å². The summed E-state index contributed by atoms with van der Waals surface area (Å²) in [5.41, 5.74) is 0.334. The van der Waals surface area contributed by atoms with Crippen molar-refractivity contribution in [2.45, 2.75) is 33.2 Å². The van der Waals surface area contributed by atoms with Crippen LogP contribution < -0.4 is 10.2 Å². The van der Waals surface area contributed by atoms with E-state index in [4.69, 9.17) is 11.6 Å². The van der Waals surface area contributed by atoms with Crippen LogP contribution in [0.25, 0.3) is 0 Å². The van der Waals surface area contributed by atoms with Crippen LogP contribution in [0.5, 0.6) is 0 Å². The number of carbonyl (C=O) groups is 2. The molecule has 1 N–H and O–H groups in total. The van der Waals surface area contributed by atoms with Gasteiger partial charge < -0.3 is 10.2 Å². The molecule has 2 amide bonds. The van der Waals surface area contributed by atoms with E-state index < -0.39 is 0 Å². The lowest BCUT2D eigenvalue weighted by molar-refractivity contribution is -0.124. The van der Waals surface area contributed by atoms with Crippen LogP contribution in [-0.4, -0.2) is 23.9 Å². The van der Waals surface area contributed by atoms with Crippen LogP contribution in [0.15, 0.2) is 24.3 Å². The molecule has 0 bridgehead atoms. The van der Waals surface area contributed by atoms with E-state index in [9.17, 15) is 9.59 Å². The molecule has 0 saturated carbocycles. The molecule has 1 rings (SSSR count). The van der Waals surface area contributed by atoms with E-state index in [0.29, 0.717) is 10.7 Å². The Balaban J connectivity index is 2.82. The van der Waals surface area contributed by atoms with Gasteiger partial charge in [-0.05, 0) is 45.0 Å². The predicted octanol–water partition coefficient (Wildman–Crippen LogP) is 2.61. The molecule has 0 aliphatic heterocycles. The average molecular weight is 283 g/mol. The third-order valence-electron chi connectivity index (χ3n) is 2.33. The molecule has 4 nitrogen and oxygen atoms in total. The smallest absolute Gasteiger partial charge is 0.240 e. The summed E-state index contributed by atoms with van der Waals surface area (Å²) in [7, 11) is 0. The normalized spacial score (nSPS) is 11.0. The van der Waals surface area contributed by atoms with Gasteiger partial charge in [0.05, 0.1) is 0 Å².